The van der Waals surface area contributed by atoms with Crippen molar-refractivity contribution >= 4 is 23.2 Å². The Morgan fingerprint density at radius 3 is 2.35 bits per heavy atom. The Labute approximate surface area is 216 Å². The molecule has 0 aliphatic rings. The van der Waals surface area contributed by atoms with Crippen LogP contribution in [-0.2, 0) is 11.2 Å². The Bertz CT molecular complexity index is 1360. The van der Waals surface area contributed by atoms with Gasteiger partial charge >= 0.3 is 0 Å². The molecule has 0 bridgehead atoms. The Morgan fingerprint density at radius 1 is 0.919 bits per heavy atom. The number of aromatic nitrogens is 2. The lowest BCUT2D eigenvalue weighted by atomic mass is 10.1. The number of rotatable bonds is 10. The second-order valence-electron chi connectivity index (χ2n) is 8.59. The van der Waals surface area contributed by atoms with Gasteiger partial charge < -0.3 is 20.7 Å². The molecule has 1 heterocycles. The molecule has 4 rings (SSSR count). The SMILES string of the molecule is COc1ccc(CCNC(=O)c2ccccc2NCC(=O)Nc2c(C)nn(-c3ccccc3)c2C)cc1. The average Bonchev–Trinajstić information content (AvgIpc) is 3.21. The second-order valence-corrected chi connectivity index (χ2v) is 8.59. The maximum atomic E-state index is 12.8. The van der Waals surface area contributed by atoms with E-state index < -0.39 is 0 Å². The molecule has 0 aliphatic heterocycles. The zero-order chi connectivity index (χ0) is 26.2. The lowest BCUT2D eigenvalue weighted by molar-refractivity contribution is -0.114. The quantitative estimate of drug-likeness (QED) is 0.299. The molecule has 3 N–H and O–H groups in total. The predicted molar refractivity (Wildman–Crippen MR) is 146 cm³/mol. The molecule has 0 atom stereocenters. The van der Waals surface area contributed by atoms with Gasteiger partial charge in [-0.1, -0.05) is 42.5 Å². The molecule has 0 fully saturated rings. The van der Waals surface area contributed by atoms with Crippen molar-refractivity contribution in [3.8, 4) is 11.4 Å². The number of para-hydroxylation sites is 2. The van der Waals surface area contributed by atoms with Gasteiger partial charge in [0, 0.05) is 12.2 Å². The van der Waals surface area contributed by atoms with E-state index in [1.54, 1.807) is 25.3 Å². The zero-order valence-corrected chi connectivity index (χ0v) is 21.2. The summed E-state index contributed by atoms with van der Waals surface area (Å²) < 4.78 is 6.99. The van der Waals surface area contributed by atoms with Crippen LogP contribution in [0.25, 0.3) is 5.69 Å². The first-order valence-corrected chi connectivity index (χ1v) is 12.1. The third-order valence-corrected chi connectivity index (χ3v) is 6.03. The predicted octanol–water partition coefficient (Wildman–Crippen LogP) is 4.52. The van der Waals surface area contributed by atoms with Gasteiger partial charge in [0.2, 0.25) is 5.91 Å². The first-order chi connectivity index (χ1) is 18.0. The van der Waals surface area contributed by atoms with Gasteiger partial charge in [-0.05, 0) is 62.2 Å². The van der Waals surface area contributed by atoms with Crippen molar-refractivity contribution in [1.29, 1.82) is 0 Å². The van der Waals surface area contributed by atoms with Crippen LogP contribution in [0.3, 0.4) is 0 Å². The van der Waals surface area contributed by atoms with Crippen molar-refractivity contribution in [3.05, 3.63) is 101 Å². The number of nitrogens with one attached hydrogen (secondary N) is 3. The van der Waals surface area contributed by atoms with E-state index in [0.29, 0.717) is 29.9 Å². The monoisotopic (exact) mass is 497 g/mol. The van der Waals surface area contributed by atoms with Crippen molar-refractivity contribution in [2.24, 2.45) is 0 Å². The van der Waals surface area contributed by atoms with Crippen molar-refractivity contribution in [1.82, 2.24) is 15.1 Å². The average molecular weight is 498 g/mol. The Balaban J connectivity index is 1.34. The molecule has 0 saturated carbocycles. The summed E-state index contributed by atoms with van der Waals surface area (Å²) in [5.41, 5.74) is 5.35. The van der Waals surface area contributed by atoms with Crippen LogP contribution in [0.4, 0.5) is 11.4 Å². The minimum atomic E-state index is -0.228. The Hall–Kier alpha value is -4.59. The number of anilines is 2. The molecule has 190 valence electrons. The molecule has 1 aromatic heterocycles. The normalized spacial score (nSPS) is 10.6. The van der Waals surface area contributed by atoms with Gasteiger partial charge in [-0.15, -0.1) is 0 Å². The van der Waals surface area contributed by atoms with Crippen molar-refractivity contribution in [2.45, 2.75) is 20.3 Å². The fraction of sp³-hybridized carbons (Fsp3) is 0.207. The molecule has 3 aromatic carbocycles. The third-order valence-electron chi connectivity index (χ3n) is 6.03. The standard InChI is InChI=1S/C29H31N5O3/c1-20-28(21(2)34(33-20)23-9-5-4-6-10-23)32-27(35)19-31-26-12-8-7-11-25(26)29(36)30-18-17-22-13-15-24(37-3)16-14-22/h4-16,31H,17-19H2,1-3H3,(H,30,36)(H,32,35). The minimum Gasteiger partial charge on any atom is -0.497 e. The summed E-state index contributed by atoms with van der Waals surface area (Å²) in [5, 5.41) is 13.6. The molecule has 0 radical (unpaired) electrons. The van der Waals surface area contributed by atoms with E-state index in [-0.39, 0.29) is 18.4 Å². The highest BCUT2D eigenvalue weighted by Crippen LogP contribution is 2.23. The third kappa shape index (κ3) is 6.35. The van der Waals surface area contributed by atoms with E-state index in [9.17, 15) is 9.59 Å². The first kappa shape index (κ1) is 25.5. The van der Waals surface area contributed by atoms with E-state index in [1.807, 2.05) is 79.2 Å². The molecule has 4 aromatic rings. The molecular weight excluding hydrogens is 466 g/mol. The number of hydrogen-bond acceptors (Lipinski definition) is 5. The van der Waals surface area contributed by atoms with Gasteiger partial charge in [-0.25, -0.2) is 4.68 Å². The van der Waals surface area contributed by atoms with Gasteiger partial charge in [0.15, 0.2) is 0 Å². The highest BCUT2D eigenvalue weighted by Gasteiger charge is 2.16. The van der Waals surface area contributed by atoms with E-state index >= 15 is 0 Å². The summed E-state index contributed by atoms with van der Waals surface area (Å²) in [6, 6.07) is 24.7. The van der Waals surface area contributed by atoms with Crippen LogP contribution in [-0.4, -0.2) is 41.8 Å². The summed E-state index contributed by atoms with van der Waals surface area (Å²) in [4.78, 5) is 25.6. The van der Waals surface area contributed by atoms with E-state index in [1.165, 1.54) is 0 Å². The molecule has 0 unspecified atom stereocenters. The molecule has 2 amide bonds. The number of carbonyl (C=O) groups is 2. The topological polar surface area (TPSA) is 97.3 Å². The number of nitrogens with zero attached hydrogens (tertiary/aromatic N) is 2. The molecule has 0 aliphatic carbocycles. The van der Waals surface area contributed by atoms with Crippen LogP contribution < -0.4 is 20.7 Å². The largest absolute Gasteiger partial charge is 0.497 e. The summed E-state index contributed by atoms with van der Waals surface area (Å²) in [6.07, 6.45) is 0.698. The van der Waals surface area contributed by atoms with Gasteiger partial charge in [-0.3, -0.25) is 9.59 Å². The van der Waals surface area contributed by atoms with Gasteiger partial charge in [0.05, 0.1) is 42.0 Å². The van der Waals surface area contributed by atoms with Crippen LogP contribution in [0.5, 0.6) is 5.75 Å². The minimum absolute atomic E-state index is 0.00549. The Morgan fingerprint density at radius 2 is 1.62 bits per heavy atom. The second kappa shape index (κ2) is 11.9. The lowest BCUT2D eigenvalue weighted by Crippen LogP contribution is -2.28. The van der Waals surface area contributed by atoms with E-state index in [2.05, 4.69) is 21.0 Å². The summed E-state index contributed by atoms with van der Waals surface area (Å²) in [7, 11) is 1.63. The molecule has 8 nitrogen and oxygen atoms in total. The van der Waals surface area contributed by atoms with Crippen LogP contribution >= 0.6 is 0 Å². The fourth-order valence-corrected chi connectivity index (χ4v) is 4.05. The highest BCUT2D eigenvalue weighted by atomic mass is 16.5. The number of benzene rings is 3. The van der Waals surface area contributed by atoms with E-state index in [4.69, 9.17) is 4.74 Å². The number of amides is 2. The lowest BCUT2D eigenvalue weighted by Gasteiger charge is -2.13. The number of carbonyl (C=O) groups excluding carboxylic acids is 2. The van der Waals surface area contributed by atoms with Crippen molar-refractivity contribution in [2.75, 3.05) is 30.8 Å². The van der Waals surface area contributed by atoms with Crippen LogP contribution in [0, 0.1) is 13.8 Å². The number of ether oxygens (including phenoxy) is 1. The molecule has 8 heteroatoms. The van der Waals surface area contributed by atoms with E-state index in [0.717, 1.165) is 28.4 Å². The van der Waals surface area contributed by atoms with Crippen LogP contribution in [0.1, 0.15) is 27.3 Å². The zero-order valence-electron chi connectivity index (χ0n) is 21.2. The van der Waals surface area contributed by atoms with Gasteiger partial charge in [-0.2, -0.15) is 5.10 Å². The fourth-order valence-electron chi connectivity index (χ4n) is 4.05. The summed E-state index contributed by atoms with van der Waals surface area (Å²) in [6.45, 7) is 4.28. The van der Waals surface area contributed by atoms with Gasteiger partial charge in [0.25, 0.3) is 5.91 Å². The maximum Gasteiger partial charge on any atom is 0.253 e. The molecule has 37 heavy (non-hydrogen) atoms. The molecule has 0 spiro atoms. The Kier molecular flexibility index (Phi) is 8.20. The van der Waals surface area contributed by atoms with Crippen LogP contribution in [0.15, 0.2) is 78.9 Å². The first-order valence-electron chi connectivity index (χ1n) is 12.1. The number of methoxy groups -OCH3 is 1. The van der Waals surface area contributed by atoms with Gasteiger partial charge in [0.1, 0.15) is 5.75 Å². The van der Waals surface area contributed by atoms with Crippen molar-refractivity contribution in [3.63, 3.8) is 0 Å². The summed E-state index contributed by atoms with van der Waals surface area (Å²) in [5.74, 6) is 0.369. The maximum absolute atomic E-state index is 12.8. The van der Waals surface area contributed by atoms with Crippen molar-refractivity contribution < 1.29 is 14.3 Å². The highest BCUT2D eigenvalue weighted by molar-refractivity contribution is 6.01. The number of hydrogen-bond donors (Lipinski definition) is 3. The summed E-state index contributed by atoms with van der Waals surface area (Å²) >= 11 is 0. The smallest absolute Gasteiger partial charge is 0.253 e. The van der Waals surface area contributed by atoms with Crippen LogP contribution in [0.2, 0.25) is 0 Å². The molecule has 0 saturated heterocycles. The number of aryl methyl sites for hydroxylation is 1. The molecular formula is C29H31N5O3.